The van der Waals surface area contributed by atoms with Crippen LogP contribution in [0, 0.1) is 13.8 Å². The van der Waals surface area contributed by atoms with Gasteiger partial charge in [0, 0.05) is 0 Å². The number of benzene rings is 2. The number of carbonyl (C=O) groups excluding carboxylic acids is 3. The summed E-state index contributed by atoms with van der Waals surface area (Å²) in [5, 5.41) is 0. The highest BCUT2D eigenvalue weighted by atomic mass is 16.5. The van der Waals surface area contributed by atoms with Gasteiger partial charge < -0.3 is 15.2 Å². The largest absolute Gasteiger partial charge is 0.468 e. The molecular formula is C25H25N3O7. The van der Waals surface area contributed by atoms with Crippen molar-refractivity contribution in [1.82, 2.24) is 9.13 Å². The number of hydrogen-bond donors (Lipinski definition) is 1. The maximum absolute atomic E-state index is 13.0. The molecule has 0 bridgehead atoms. The highest BCUT2D eigenvalue weighted by molar-refractivity contribution is 6.02. The third kappa shape index (κ3) is 5.37. The number of rotatable bonds is 8. The molecule has 0 fully saturated rings. The van der Waals surface area contributed by atoms with E-state index in [9.17, 15) is 24.0 Å². The van der Waals surface area contributed by atoms with Gasteiger partial charge in [0.2, 0.25) is 5.78 Å². The van der Waals surface area contributed by atoms with E-state index in [1.807, 2.05) is 13.0 Å². The first kappa shape index (κ1) is 25.2. The molecule has 3 aromatic rings. The average Bonchev–Trinajstić information content (AvgIpc) is 2.85. The molecule has 1 aromatic heterocycles. The molecule has 2 N–H and O–H groups in total. The summed E-state index contributed by atoms with van der Waals surface area (Å²) in [6.07, 6.45) is 0. The molecule has 10 nitrogen and oxygen atoms in total. The summed E-state index contributed by atoms with van der Waals surface area (Å²) >= 11 is 0. The van der Waals surface area contributed by atoms with Gasteiger partial charge in [-0.1, -0.05) is 42.5 Å². The first-order valence-electron chi connectivity index (χ1n) is 10.7. The number of methoxy groups -OCH3 is 1. The Labute approximate surface area is 200 Å². The fourth-order valence-corrected chi connectivity index (χ4v) is 3.48. The second-order valence-corrected chi connectivity index (χ2v) is 7.83. The SMILES string of the molecule is COC(=O)Cn1c(=O)c(C(=O)COC(=O)c2cccc(C)c2C)c(N)n(Cc2ccccc2)c1=O. The molecule has 0 aliphatic heterocycles. The van der Waals surface area contributed by atoms with Crippen molar-refractivity contribution in [2.24, 2.45) is 0 Å². The van der Waals surface area contributed by atoms with E-state index in [0.717, 1.165) is 17.2 Å². The second kappa shape index (κ2) is 10.6. The van der Waals surface area contributed by atoms with Crippen LogP contribution in [-0.2, 0) is 27.4 Å². The van der Waals surface area contributed by atoms with Crippen LogP contribution in [0.3, 0.4) is 0 Å². The number of hydrogen-bond acceptors (Lipinski definition) is 8. The third-order valence-corrected chi connectivity index (χ3v) is 5.60. The number of anilines is 1. The molecule has 0 aliphatic rings. The summed E-state index contributed by atoms with van der Waals surface area (Å²) in [5.74, 6) is -2.91. The van der Waals surface area contributed by atoms with E-state index in [0.29, 0.717) is 15.7 Å². The number of carbonyl (C=O) groups is 3. The van der Waals surface area contributed by atoms with Crippen molar-refractivity contribution in [3.63, 3.8) is 0 Å². The molecular weight excluding hydrogens is 454 g/mol. The van der Waals surface area contributed by atoms with Gasteiger partial charge in [-0.2, -0.15) is 0 Å². The Morgan fingerprint density at radius 2 is 1.63 bits per heavy atom. The fourth-order valence-electron chi connectivity index (χ4n) is 3.48. The molecule has 0 radical (unpaired) electrons. The molecule has 2 aromatic carbocycles. The normalized spacial score (nSPS) is 10.6. The summed E-state index contributed by atoms with van der Waals surface area (Å²) in [6, 6.07) is 13.8. The van der Waals surface area contributed by atoms with Crippen molar-refractivity contribution in [2.75, 3.05) is 19.5 Å². The highest BCUT2D eigenvalue weighted by Crippen LogP contribution is 2.15. The lowest BCUT2D eigenvalue weighted by molar-refractivity contribution is -0.141. The van der Waals surface area contributed by atoms with Gasteiger partial charge in [0.15, 0.2) is 6.61 Å². The number of nitrogens with two attached hydrogens (primary N) is 1. The van der Waals surface area contributed by atoms with Gasteiger partial charge in [0.05, 0.1) is 19.2 Å². The monoisotopic (exact) mass is 479 g/mol. The van der Waals surface area contributed by atoms with Crippen molar-refractivity contribution in [3.8, 4) is 0 Å². The Morgan fingerprint density at radius 1 is 0.943 bits per heavy atom. The van der Waals surface area contributed by atoms with Crippen LogP contribution in [0.1, 0.15) is 37.4 Å². The molecule has 0 unspecified atom stereocenters. The molecule has 0 spiro atoms. The second-order valence-electron chi connectivity index (χ2n) is 7.83. The lowest BCUT2D eigenvalue weighted by Crippen LogP contribution is -2.46. The molecule has 1 heterocycles. The van der Waals surface area contributed by atoms with Crippen LogP contribution in [0.5, 0.6) is 0 Å². The Balaban J connectivity index is 2.00. The fraction of sp³-hybridized carbons (Fsp3) is 0.240. The number of Topliss-reactive ketones (excluding diaryl/α,β-unsaturated/α-hetero) is 1. The minimum atomic E-state index is -1.07. The maximum Gasteiger partial charge on any atom is 0.338 e. The van der Waals surface area contributed by atoms with Crippen LogP contribution >= 0.6 is 0 Å². The average molecular weight is 479 g/mol. The lowest BCUT2D eigenvalue weighted by atomic mass is 10.0. The van der Waals surface area contributed by atoms with Crippen LogP contribution in [0.2, 0.25) is 0 Å². The quantitative estimate of drug-likeness (QED) is 0.378. The van der Waals surface area contributed by atoms with Crippen LogP contribution in [0.4, 0.5) is 5.82 Å². The number of aryl methyl sites for hydroxylation is 1. The van der Waals surface area contributed by atoms with Gasteiger partial charge in [-0.15, -0.1) is 0 Å². The number of esters is 2. The first-order chi connectivity index (χ1) is 16.6. The van der Waals surface area contributed by atoms with Crippen molar-refractivity contribution in [3.05, 3.63) is 97.2 Å². The van der Waals surface area contributed by atoms with Crippen LogP contribution in [-0.4, -0.2) is 40.6 Å². The number of nitrogens with zero attached hydrogens (tertiary/aromatic N) is 2. The zero-order valence-electron chi connectivity index (χ0n) is 19.6. The van der Waals surface area contributed by atoms with E-state index in [4.69, 9.17) is 10.5 Å². The Bertz CT molecular complexity index is 1410. The lowest BCUT2D eigenvalue weighted by Gasteiger charge is -2.16. The summed E-state index contributed by atoms with van der Waals surface area (Å²) in [4.78, 5) is 63.4. The van der Waals surface area contributed by atoms with Crippen LogP contribution in [0.15, 0.2) is 58.1 Å². The maximum atomic E-state index is 13.0. The van der Waals surface area contributed by atoms with Gasteiger partial charge in [0.25, 0.3) is 5.56 Å². The number of ether oxygens (including phenoxy) is 2. The van der Waals surface area contributed by atoms with Gasteiger partial charge in [-0.25, -0.2) is 14.2 Å². The van der Waals surface area contributed by atoms with Gasteiger partial charge in [0.1, 0.15) is 17.9 Å². The summed E-state index contributed by atoms with van der Waals surface area (Å²) in [5.41, 5.74) is 6.10. The predicted molar refractivity (Wildman–Crippen MR) is 127 cm³/mol. The minimum absolute atomic E-state index is 0.0600. The van der Waals surface area contributed by atoms with Crippen molar-refractivity contribution < 1.29 is 23.9 Å². The van der Waals surface area contributed by atoms with E-state index in [1.165, 1.54) is 0 Å². The number of aromatic nitrogens is 2. The Morgan fingerprint density at radius 3 is 2.29 bits per heavy atom. The van der Waals surface area contributed by atoms with E-state index < -0.39 is 53.5 Å². The Hall–Kier alpha value is -4.47. The molecule has 0 saturated heterocycles. The van der Waals surface area contributed by atoms with Crippen molar-refractivity contribution in [2.45, 2.75) is 26.9 Å². The highest BCUT2D eigenvalue weighted by Gasteiger charge is 2.25. The zero-order valence-corrected chi connectivity index (χ0v) is 19.6. The van der Waals surface area contributed by atoms with E-state index >= 15 is 0 Å². The summed E-state index contributed by atoms with van der Waals surface area (Å²) in [6.45, 7) is 2.02. The zero-order chi connectivity index (χ0) is 25.7. The first-order valence-corrected chi connectivity index (χ1v) is 10.7. The summed E-state index contributed by atoms with van der Waals surface area (Å²) < 4.78 is 11.3. The molecule has 3 rings (SSSR count). The van der Waals surface area contributed by atoms with Gasteiger partial charge in [-0.05, 0) is 36.6 Å². The van der Waals surface area contributed by atoms with E-state index in [1.54, 1.807) is 49.4 Å². The summed E-state index contributed by atoms with van der Waals surface area (Å²) in [7, 11) is 1.10. The molecule has 10 heteroatoms. The van der Waals surface area contributed by atoms with Crippen molar-refractivity contribution >= 4 is 23.5 Å². The molecule has 0 amide bonds. The van der Waals surface area contributed by atoms with E-state index in [-0.39, 0.29) is 12.1 Å². The van der Waals surface area contributed by atoms with Crippen molar-refractivity contribution in [1.29, 1.82) is 0 Å². The smallest absolute Gasteiger partial charge is 0.338 e. The van der Waals surface area contributed by atoms with Crippen LogP contribution in [0.25, 0.3) is 0 Å². The van der Waals surface area contributed by atoms with Gasteiger partial charge in [-0.3, -0.25) is 19.0 Å². The number of nitrogen functional groups attached to an aromatic ring is 1. The molecule has 0 aliphatic carbocycles. The van der Waals surface area contributed by atoms with E-state index in [2.05, 4.69) is 4.74 Å². The Kier molecular flexibility index (Phi) is 7.65. The standard InChI is InChI=1S/C25H25N3O7/c1-15-8-7-11-18(16(15)2)24(32)35-14-19(29)21-22(26)27(12-17-9-5-4-6-10-17)25(33)28(23(21)31)13-20(30)34-3/h4-11H,12-14,26H2,1-3H3. The predicted octanol–water partition coefficient (Wildman–Crippen LogP) is 1.47. The molecule has 0 atom stereocenters. The number of ketones is 1. The molecule has 182 valence electrons. The van der Waals surface area contributed by atoms with Gasteiger partial charge >= 0.3 is 17.6 Å². The molecule has 35 heavy (non-hydrogen) atoms. The topological polar surface area (TPSA) is 140 Å². The molecule has 0 saturated carbocycles. The minimum Gasteiger partial charge on any atom is -0.468 e. The third-order valence-electron chi connectivity index (χ3n) is 5.60. The van der Waals surface area contributed by atoms with Crippen LogP contribution < -0.4 is 17.0 Å².